The number of fused-ring (bicyclic) bond motifs is 2. The number of pyridine rings is 1. The number of aromatic amines is 2. The molecule has 2 heterocycles. The Morgan fingerprint density at radius 3 is 2.69 bits per heavy atom. The van der Waals surface area contributed by atoms with Gasteiger partial charge in [-0.25, -0.2) is 0 Å². The summed E-state index contributed by atoms with van der Waals surface area (Å²) >= 11 is 6.23. The van der Waals surface area contributed by atoms with Gasteiger partial charge in [0.15, 0.2) is 5.43 Å². The summed E-state index contributed by atoms with van der Waals surface area (Å²) in [5, 5.41) is 27.0. The molecule has 126 valence electrons. The molecule has 0 aliphatic rings. The Labute approximate surface area is 151 Å². The van der Waals surface area contributed by atoms with E-state index in [1.807, 2.05) is 6.07 Å². The van der Waals surface area contributed by atoms with Crippen LogP contribution < -0.4 is 10.7 Å². The highest BCUT2D eigenvalue weighted by molar-refractivity contribution is 6.35. The maximum absolute atomic E-state index is 12.8. The van der Waals surface area contributed by atoms with Gasteiger partial charge in [0, 0.05) is 17.0 Å². The van der Waals surface area contributed by atoms with Gasteiger partial charge >= 0.3 is 0 Å². The van der Waals surface area contributed by atoms with Crippen LogP contribution in [0.4, 0.5) is 5.69 Å². The Balaban J connectivity index is 1.89. The van der Waals surface area contributed by atoms with Crippen molar-refractivity contribution < 1.29 is 0 Å². The molecule has 0 amide bonds. The minimum Gasteiger partial charge on any atom is -0.359 e. The molecule has 8 nitrogen and oxygen atoms in total. The van der Waals surface area contributed by atoms with E-state index in [-0.39, 0.29) is 16.8 Å². The summed E-state index contributed by atoms with van der Waals surface area (Å²) in [6, 6.07) is 12.4. The van der Waals surface area contributed by atoms with Gasteiger partial charge in [-0.1, -0.05) is 23.7 Å². The van der Waals surface area contributed by atoms with E-state index >= 15 is 0 Å². The van der Waals surface area contributed by atoms with Crippen LogP contribution in [0.15, 0.2) is 47.4 Å². The average molecular weight is 364 g/mol. The van der Waals surface area contributed by atoms with Gasteiger partial charge < -0.3 is 10.3 Å². The summed E-state index contributed by atoms with van der Waals surface area (Å²) in [5.74, 6) is 0.169. The number of halogens is 1. The number of allylic oxidation sites excluding steroid dienone is 1. The fourth-order valence-electron chi connectivity index (χ4n) is 2.68. The third kappa shape index (κ3) is 2.56. The number of aromatic nitrogens is 5. The quantitative estimate of drug-likeness (QED) is 0.380. The van der Waals surface area contributed by atoms with E-state index in [0.29, 0.717) is 32.5 Å². The van der Waals surface area contributed by atoms with Crippen LogP contribution in [0.3, 0.4) is 0 Å². The van der Waals surface area contributed by atoms with E-state index in [2.05, 4.69) is 30.9 Å². The van der Waals surface area contributed by atoms with Crippen molar-refractivity contribution in [2.75, 3.05) is 5.32 Å². The summed E-state index contributed by atoms with van der Waals surface area (Å²) in [7, 11) is 0. The molecule has 0 unspecified atom stereocenters. The Kier molecular flexibility index (Phi) is 3.84. The lowest BCUT2D eigenvalue weighted by Crippen LogP contribution is -2.06. The molecule has 4 rings (SSSR count). The second-order valence-electron chi connectivity index (χ2n) is 5.39. The molecular weight excluding hydrogens is 354 g/mol. The Hall–Kier alpha value is -3.70. The molecule has 2 aromatic heterocycles. The van der Waals surface area contributed by atoms with Crippen LogP contribution in [0, 0.1) is 11.3 Å². The molecule has 0 bridgehead atoms. The van der Waals surface area contributed by atoms with Crippen molar-refractivity contribution in [1.29, 1.82) is 5.26 Å². The van der Waals surface area contributed by atoms with Crippen LogP contribution in [0.1, 0.15) is 5.82 Å². The maximum Gasteiger partial charge on any atom is 0.216 e. The first kappa shape index (κ1) is 15.8. The minimum absolute atomic E-state index is 0.123. The highest BCUT2D eigenvalue weighted by Crippen LogP contribution is 2.26. The molecular formula is C17H10ClN7O. The molecule has 0 spiro atoms. The van der Waals surface area contributed by atoms with Crippen molar-refractivity contribution in [3.63, 3.8) is 0 Å². The van der Waals surface area contributed by atoms with Crippen LogP contribution in [0.2, 0.25) is 5.02 Å². The fraction of sp³-hybridized carbons (Fsp3) is 0. The number of benzene rings is 2. The lowest BCUT2D eigenvalue weighted by molar-refractivity contribution is 0.881. The number of nitrogens with zero attached hydrogens (tertiary/aromatic N) is 4. The lowest BCUT2D eigenvalue weighted by atomic mass is 10.1. The molecule has 0 saturated carbocycles. The second-order valence-corrected chi connectivity index (χ2v) is 5.80. The van der Waals surface area contributed by atoms with Gasteiger partial charge in [-0.05, 0) is 29.5 Å². The van der Waals surface area contributed by atoms with E-state index in [1.54, 1.807) is 36.4 Å². The third-order valence-electron chi connectivity index (χ3n) is 3.90. The van der Waals surface area contributed by atoms with Crippen LogP contribution in [-0.2, 0) is 0 Å². The van der Waals surface area contributed by atoms with Gasteiger partial charge in [0.05, 0.1) is 21.7 Å². The van der Waals surface area contributed by atoms with Gasteiger partial charge in [0.25, 0.3) is 0 Å². The molecule has 4 aromatic rings. The second kappa shape index (κ2) is 6.31. The van der Waals surface area contributed by atoms with Gasteiger partial charge in [-0.3, -0.25) is 4.79 Å². The van der Waals surface area contributed by atoms with Gasteiger partial charge in [-0.2, -0.15) is 10.5 Å². The summed E-state index contributed by atoms with van der Waals surface area (Å²) in [5.41, 5.74) is 1.82. The van der Waals surface area contributed by atoms with E-state index < -0.39 is 0 Å². The highest BCUT2D eigenvalue weighted by atomic mass is 35.5. The first-order valence-corrected chi connectivity index (χ1v) is 7.90. The molecule has 0 radical (unpaired) electrons. The SMILES string of the molecule is N#CC(=CNc1cccc2c(=O)c3cccc(Cl)c3[nH]c12)c1nn[nH]n1. The number of anilines is 1. The maximum atomic E-state index is 12.8. The minimum atomic E-state index is -0.123. The zero-order valence-corrected chi connectivity index (χ0v) is 13.9. The molecule has 0 atom stereocenters. The number of hydrogen-bond acceptors (Lipinski definition) is 6. The monoisotopic (exact) mass is 363 g/mol. The standard InChI is InChI=1S/C17H10ClN7O/c18-12-5-1-3-10-14(12)21-15-11(16(10)26)4-2-6-13(15)20-8-9(7-19)17-22-24-25-23-17/h1-6,8,20H,(H,21,26)(H,22,23,24,25). The van der Waals surface area contributed by atoms with Gasteiger partial charge in [0.1, 0.15) is 11.6 Å². The Bertz CT molecular complexity index is 1250. The van der Waals surface area contributed by atoms with Crippen molar-refractivity contribution in [2.24, 2.45) is 0 Å². The predicted molar refractivity (Wildman–Crippen MR) is 98.5 cm³/mol. The summed E-state index contributed by atoms with van der Waals surface area (Å²) < 4.78 is 0. The predicted octanol–water partition coefficient (Wildman–Crippen LogP) is 2.82. The van der Waals surface area contributed by atoms with Crippen LogP contribution in [-0.4, -0.2) is 25.6 Å². The number of H-pyrrole nitrogens is 2. The number of tetrazole rings is 1. The number of hydrogen-bond donors (Lipinski definition) is 3. The summed E-state index contributed by atoms with van der Waals surface area (Å²) in [4.78, 5) is 16.0. The molecule has 0 aliphatic heterocycles. The molecule has 26 heavy (non-hydrogen) atoms. The first-order chi connectivity index (χ1) is 12.7. The molecule has 2 aromatic carbocycles. The largest absolute Gasteiger partial charge is 0.359 e. The van der Waals surface area contributed by atoms with Crippen LogP contribution in [0.5, 0.6) is 0 Å². The average Bonchev–Trinajstić information content (AvgIpc) is 3.18. The van der Waals surface area contributed by atoms with Crippen LogP contribution in [0.25, 0.3) is 27.4 Å². The zero-order chi connectivity index (χ0) is 18.1. The summed E-state index contributed by atoms with van der Waals surface area (Å²) in [6.45, 7) is 0. The summed E-state index contributed by atoms with van der Waals surface area (Å²) in [6.07, 6.45) is 1.45. The van der Waals surface area contributed by atoms with E-state index in [1.165, 1.54) is 6.20 Å². The molecule has 0 saturated heterocycles. The lowest BCUT2D eigenvalue weighted by Gasteiger charge is -2.09. The molecule has 9 heteroatoms. The highest BCUT2D eigenvalue weighted by Gasteiger charge is 2.11. The van der Waals surface area contributed by atoms with E-state index in [4.69, 9.17) is 11.6 Å². The van der Waals surface area contributed by atoms with E-state index in [0.717, 1.165) is 0 Å². The van der Waals surface area contributed by atoms with Crippen molar-refractivity contribution in [2.45, 2.75) is 0 Å². The normalized spacial score (nSPS) is 11.6. The molecule has 0 fully saturated rings. The van der Waals surface area contributed by atoms with Crippen molar-refractivity contribution in [3.8, 4) is 6.07 Å². The smallest absolute Gasteiger partial charge is 0.216 e. The van der Waals surface area contributed by atoms with Crippen molar-refractivity contribution in [1.82, 2.24) is 25.6 Å². The Morgan fingerprint density at radius 2 is 1.96 bits per heavy atom. The zero-order valence-electron chi connectivity index (χ0n) is 13.1. The van der Waals surface area contributed by atoms with Crippen molar-refractivity contribution in [3.05, 3.63) is 63.7 Å². The molecule has 3 N–H and O–H groups in total. The van der Waals surface area contributed by atoms with Gasteiger partial charge in [-0.15, -0.1) is 10.2 Å². The van der Waals surface area contributed by atoms with Crippen LogP contribution >= 0.6 is 11.6 Å². The first-order valence-electron chi connectivity index (χ1n) is 7.53. The number of nitrogens with one attached hydrogen (secondary N) is 3. The number of para-hydroxylation sites is 2. The van der Waals surface area contributed by atoms with Gasteiger partial charge in [0.2, 0.25) is 5.82 Å². The third-order valence-corrected chi connectivity index (χ3v) is 4.21. The van der Waals surface area contributed by atoms with E-state index in [9.17, 15) is 10.1 Å². The fourth-order valence-corrected chi connectivity index (χ4v) is 2.90. The van der Waals surface area contributed by atoms with Crippen molar-refractivity contribution >= 4 is 44.7 Å². The Morgan fingerprint density at radius 1 is 1.19 bits per heavy atom. The number of rotatable bonds is 3. The number of nitriles is 1. The molecule has 0 aliphatic carbocycles. The topological polar surface area (TPSA) is 123 Å².